The predicted octanol–water partition coefficient (Wildman–Crippen LogP) is 2.29. The molecule has 7 nitrogen and oxygen atoms in total. The first kappa shape index (κ1) is 22.9. The number of nitrogens with one attached hydrogen (secondary N) is 1. The van der Waals surface area contributed by atoms with Crippen LogP contribution in [0.4, 0.5) is 5.69 Å². The van der Waals surface area contributed by atoms with E-state index in [0.717, 1.165) is 29.7 Å². The first-order chi connectivity index (χ1) is 13.8. The monoisotopic (exact) mass is 419 g/mol. The molecule has 1 fully saturated rings. The zero-order valence-corrected chi connectivity index (χ0v) is 18.1. The Bertz CT molecular complexity index is 881. The van der Waals surface area contributed by atoms with E-state index in [1.54, 1.807) is 12.0 Å². The maximum atomic E-state index is 12.9. The number of benzene rings is 1. The van der Waals surface area contributed by atoms with Crippen LogP contribution in [0.2, 0.25) is 0 Å². The lowest BCUT2D eigenvalue weighted by atomic mass is 10.0. The Morgan fingerprint density at radius 3 is 2.48 bits per heavy atom. The van der Waals surface area contributed by atoms with E-state index < -0.39 is 15.7 Å². The van der Waals surface area contributed by atoms with E-state index in [9.17, 15) is 18.5 Å². The van der Waals surface area contributed by atoms with Crippen molar-refractivity contribution in [1.82, 2.24) is 4.90 Å². The van der Waals surface area contributed by atoms with Gasteiger partial charge < -0.3 is 15.0 Å². The van der Waals surface area contributed by atoms with Crippen LogP contribution in [0.5, 0.6) is 0 Å². The van der Waals surface area contributed by atoms with Gasteiger partial charge in [0.2, 0.25) is 0 Å². The first-order valence-corrected chi connectivity index (χ1v) is 11.7. The summed E-state index contributed by atoms with van der Waals surface area (Å²) in [6.45, 7) is 4.80. The summed E-state index contributed by atoms with van der Waals surface area (Å²) in [4.78, 5) is 14.6. The van der Waals surface area contributed by atoms with Crippen molar-refractivity contribution in [3.63, 3.8) is 0 Å². The molecule has 1 aromatic carbocycles. The number of carbonyl (C=O) groups excluding carboxylic acids is 1. The molecule has 0 spiro atoms. The standard InChI is InChI=1S/C21H29N3O4S/c1-4-16-7-6-8-17(5-2)20(16)23-21(25)18(13-22)14-24(10-11-28-3)19-9-12-29(26,27)15-19/h6-8,14,19H,4-5,9-12,15H2,1-3H3,(H,23,25)/b18-14-. The molecule has 1 aliphatic rings. The highest BCUT2D eigenvalue weighted by Crippen LogP contribution is 2.24. The number of nitrogens with zero attached hydrogens (tertiary/aromatic N) is 2. The van der Waals surface area contributed by atoms with Gasteiger partial charge in [0.25, 0.3) is 5.91 Å². The fraction of sp³-hybridized carbons (Fsp3) is 0.524. The van der Waals surface area contributed by atoms with Crippen LogP contribution in [-0.2, 0) is 32.2 Å². The van der Waals surface area contributed by atoms with E-state index in [4.69, 9.17) is 4.74 Å². The van der Waals surface area contributed by atoms with Crippen molar-refractivity contribution < 1.29 is 17.9 Å². The molecule has 0 radical (unpaired) electrons. The highest BCUT2D eigenvalue weighted by atomic mass is 32.2. The number of rotatable bonds is 9. The molecule has 1 amide bonds. The number of hydrogen-bond donors (Lipinski definition) is 1. The minimum Gasteiger partial charge on any atom is -0.383 e. The van der Waals surface area contributed by atoms with Crippen molar-refractivity contribution in [3.05, 3.63) is 41.1 Å². The van der Waals surface area contributed by atoms with Crippen LogP contribution in [0.25, 0.3) is 0 Å². The zero-order valence-electron chi connectivity index (χ0n) is 17.3. The molecule has 1 unspecified atom stereocenters. The predicted molar refractivity (Wildman–Crippen MR) is 113 cm³/mol. The molecular formula is C21H29N3O4S. The Balaban J connectivity index is 2.28. The third-order valence-electron chi connectivity index (χ3n) is 5.13. The van der Waals surface area contributed by atoms with Crippen molar-refractivity contribution >= 4 is 21.4 Å². The van der Waals surface area contributed by atoms with Gasteiger partial charge in [-0.25, -0.2) is 8.42 Å². The Labute approximate surface area is 173 Å². The topological polar surface area (TPSA) is 99.5 Å². The van der Waals surface area contributed by atoms with Gasteiger partial charge in [-0.3, -0.25) is 4.79 Å². The number of para-hydroxylation sites is 1. The number of carbonyl (C=O) groups is 1. The summed E-state index contributed by atoms with van der Waals surface area (Å²) in [5, 5.41) is 12.5. The van der Waals surface area contributed by atoms with Crippen molar-refractivity contribution in [2.75, 3.05) is 37.1 Å². The van der Waals surface area contributed by atoms with Crippen LogP contribution in [0, 0.1) is 11.3 Å². The van der Waals surface area contributed by atoms with E-state index in [1.165, 1.54) is 6.20 Å². The molecule has 0 bridgehead atoms. The summed E-state index contributed by atoms with van der Waals surface area (Å²) in [6.07, 6.45) is 3.46. The molecule has 0 saturated carbocycles. The summed E-state index contributed by atoms with van der Waals surface area (Å²) >= 11 is 0. The number of amides is 1. The molecule has 158 valence electrons. The molecule has 2 rings (SSSR count). The maximum absolute atomic E-state index is 12.9. The van der Waals surface area contributed by atoms with Crippen LogP contribution in [0.3, 0.4) is 0 Å². The van der Waals surface area contributed by atoms with Gasteiger partial charge in [-0.15, -0.1) is 0 Å². The Morgan fingerprint density at radius 2 is 2.00 bits per heavy atom. The van der Waals surface area contributed by atoms with Gasteiger partial charge in [-0.1, -0.05) is 32.0 Å². The van der Waals surface area contributed by atoms with Crippen LogP contribution < -0.4 is 5.32 Å². The molecule has 1 saturated heterocycles. The average Bonchev–Trinajstić information content (AvgIpc) is 3.07. The second kappa shape index (κ2) is 10.4. The highest BCUT2D eigenvalue weighted by molar-refractivity contribution is 7.91. The summed E-state index contributed by atoms with van der Waals surface area (Å²) in [5.74, 6) is -0.356. The Kier molecular flexibility index (Phi) is 8.23. The Hall–Kier alpha value is -2.37. The fourth-order valence-electron chi connectivity index (χ4n) is 3.47. The summed E-state index contributed by atoms with van der Waals surface area (Å²) in [7, 11) is -1.54. The van der Waals surface area contributed by atoms with Gasteiger partial charge in [0, 0.05) is 31.6 Å². The number of sulfone groups is 1. The van der Waals surface area contributed by atoms with Crippen molar-refractivity contribution in [1.29, 1.82) is 5.26 Å². The van der Waals surface area contributed by atoms with Crippen LogP contribution in [-0.4, -0.2) is 57.0 Å². The lowest BCUT2D eigenvalue weighted by Gasteiger charge is -2.26. The molecule has 8 heteroatoms. The molecular weight excluding hydrogens is 390 g/mol. The van der Waals surface area contributed by atoms with Gasteiger partial charge in [-0.2, -0.15) is 5.26 Å². The van der Waals surface area contributed by atoms with E-state index in [-0.39, 0.29) is 23.1 Å². The van der Waals surface area contributed by atoms with Gasteiger partial charge in [-0.05, 0) is 30.4 Å². The van der Waals surface area contributed by atoms with E-state index in [0.29, 0.717) is 19.6 Å². The van der Waals surface area contributed by atoms with Crippen molar-refractivity contribution in [2.24, 2.45) is 0 Å². The van der Waals surface area contributed by atoms with Gasteiger partial charge >= 0.3 is 0 Å². The number of aryl methyl sites for hydroxylation is 2. The quantitative estimate of drug-likeness (QED) is 0.487. The lowest BCUT2D eigenvalue weighted by molar-refractivity contribution is -0.112. The van der Waals surface area contributed by atoms with Crippen molar-refractivity contribution in [3.8, 4) is 6.07 Å². The number of anilines is 1. The third-order valence-corrected chi connectivity index (χ3v) is 6.88. The Morgan fingerprint density at radius 1 is 1.34 bits per heavy atom. The molecule has 1 atom stereocenters. The zero-order chi connectivity index (χ0) is 21.4. The second-order valence-corrected chi connectivity index (χ2v) is 9.28. The number of hydrogen-bond acceptors (Lipinski definition) is 6. The van der Waals surface area contributed by atoms with E-state index in [1.807, 2.05) is 38.1 Å². The SMILES string of the molecule is CCc1cccc(CC)c1NC(=O)/C(C#N)=C\N(CCOC)C1CCS(=O)(=O)C1. The van der Waals surface area contributed by atoms with Crippen LogP contribution >= 0.6 is 0 Å². The summed E-state index contributed by atoms with van der Waals surface area (Å²) < 4.78 is 28.8. The van der Waals surface area contributed by atoms with Crippen LogP contribution in [0.15, 0.2) is 30.0 Å². The molecule has 1 heterocycles. The molecule has 0 aromatic heterocycles. The van der Waals surface area contributed by atoms with Gasteiger partial charge in [0.1, 0.15) is 11.6 Å². The third kappa shape index (κ3) is 6.05. The van der Waals surface area contributed by atoms with Gasteiger partial charge in [0.15, 0.2) is 9.84 Å². The minimum atomic E-state index is -3.09. The normalized spacial score (nSPS) is 18.3. The molecule has 0 aliphatic carbocycles. The van der Waals surface area contributed by atoms with E-state index in [2.05, 4.69) is 5.32 Å². The number of nitriles is 1. The maximum Gasteiger partial charge on any atom is 0.267 e. The number of methoxy groups -OCH3 is 1. The van der Waals surface area contributed by atoms with Crippen LogP contribution in [0.1, 0.15) is 31.4 Å². The second-order valence-electron chi connectivity index (χ2n) is 7.05. The summed E-state index contributed by atoms with van der Waals surface area (Å²) in [5.41, 5.74) is 2.70. The molecule has 1 N–H and O–H groups in total. The minimum absolute atomic E-state index is 0.0200. The fourth-order valence-corrected chi connectivity index (χ4v) is 5.22. The lowest BCUT2D eigenvalue weighted by Crippen LogP contribution is -2.35. The largest absolute Gasteiger partial charge is 0.383 e. The average molecular weight is 420 g/mol. The van der Waals surface area contributed by atoms with Crippen molar-refractivity contribution in [2.45, 2.75) is 39.2 Å². The molecule has 1 aliphatic heterocycles. The molecule has 1 aromatic rings. The summed E-state index contributed by atoms with van der Waals surface area (Å²) in [6, 6.07) is 7.58. The first-order valence-electron chi connectivity index (χ1n) is 9.84. The van der Waals surface area contributed by atoms with Gasteiger partial charge in [0.05, 0.1) is 18.1 Å². The van der Waals surface area contributed by atoms with E-state index >= 15 is 0 Å². The number of ether oxygens (including phenoxy) is 1. The smallest absolute Gasteiger partial charge is 0.267 e. The highest BCUT2D eigenvalue weighted by Gasteiger charge is 2.31. The molecule has 29 heavy (non-hydrogen) atoms.